The van der Waals surface area contributed by atoms with Gasteiger partial charge in [-0.1, -0.05) is 12.1 Å². The number of pyridine rings is 1. The highest BCUT2D eigenvalue weighted by Crippen LogP contribution is 2.41. The number of aromatic nitrogens is 1. The normalized spacial score (nSPS) is 26.3. The van der Waals surface area contributed by atoms with Gasteiger partial charge in [0.25, 0.3) is 5.91 Å². The lowest BCUT2D eigenvalue weighted by Crippen LogP contribution is -2.54. The lowest BCUT2D eigenvalue weighted by Gasteiger charge is -2.40. The van der Waals surface area contributed by atoms with Crippen LogP contribution in [0.4, 0.5) is 13.6 Å². The highest BCUT2D eigenvalue weighted by molar-refractivity contribution is 6.07. The molecule has 1 N–H and O–H groups in total. The highest BCUT2D eigenvalue weighted by atomic mass is 19.2. The monoisotopic (exact) mass is 470 g/mol. The topological polar surface area (TPSA) is 74.8 Å². The quantitative estimate of drug-likeness (QED) is 0.657. The van der Waals surface area contributed by atoms with Gasteiger partial charge in [0.15, 0.2) is 17.2 Å². The van der Waals surface area contributed by atoms with E-state index >= 15 is 0 Å². The third-order valence-corrected chi connectivity index (χ3v) is 7.20. The van der Waals surface area contributed by atoms with Gasteiger partial charge in [0.05, 0.1) is 18.3 Å². The van der Waals surface area contributed by atoms with Gasteiger partial charge in [-0.05, 0) is 74.5 Å². The minimum Gasteiger partial charge on any atom is -0.376 e. The molecule has 0 bridgehead atoms. The predicted molar refractivity (Wildman–Crippen MR) is 119 cm³/mol. The maximum Gasteiger partial charge on any atom is 0.325 e. The molecule has 1 aromatic carbocycles. The molecule has 0 saturated carbocycles. The zero-order valence-corrected chi connectivity index (χ0v) is 18.9. The zero-order chi connectivity index (χ0) is 23.7. The van der Waals surface area contributed by atoms with Gasteiger partial charge in [0.1, 0.15) is 0 Å². The van der Waals surface area contributed by atoms with Crippen molar-refractivity contribution in [3.8, 4) is 0 Å². The Morgan fingerprint density at radius 1 is 1.09 bits per heavy atom. The summed E-state index contributed by atoms with van der Waals surface area (Å²) in [6.07, 6.45) is 4.57. The molecule has 0 radical (unpaired) electrons. The number of nitrogens with one attached hydrogen (secondary N) is 1. The van der Waals surface area contributed by atoms with Gasteiger partial charge in [0, 0.05) is 19.3 Å². The molecule has 0 unspecified atom stereocenters. The van der Waals surface area contributed by atoms with Crippen molar-refractivity contribution in [1.82, 2.24) is 20.1 Å². The van der Waals surface area contributed by atoms with E-state index < -0.39 is 23.2 Å². The van der Waals surface area contributed by atoms with Crippen molar-refractivity contribution in [3.05, 3.63) is 65.5 Å². The maximum atomic E-state index is 13.8. The van der Waals surface area contributed by atoms with E-state index in [4.69, 9.17) is 4.74 Å². The second-order valence-corrected chi connectivity index (χ2v) is 9.30. The highest BCUT2D eigenvalue weighted by Gasteiger charge is 2.58. The van der Waals surface area contributed by atoms with Crippen LogP contribution in [0, 0.1) is 17.6 Å². The average molecular weight is 471 g/mol. The van der Waals surface area contributed by atoms with Crippen LogP contribution in [0.15, 0.2) is 42.6 Å². The number of hydrogen-bond acceptors (Lipinski definition) is 5. The average Bonchev–Trinajstić information content (AvgIpc) is 3.45. The van der Waals surface area contributed by atoms with Crippen molar-refractivity contribution in [2.24, 2.45) is 5.92 Å². The van der Waals surface area contributed by atoms with Gasteiger partial charge in [-0.25, -0.2) is 13.6 Å². The van der Waals surface area contributed by atoms with Crippen LogP contribution in [0.2, 0.25) is 0 Å². The Bertz CT molecular complexity index is 1060. The SMILES string of the molecule is O=C1N[C@@](c2ccccn2)(C2CCN(Cc3ccc(F)c(F)c3)CC2)C(=O)N1C[C@@H]1CCCO1. The molecular weight excluding hydrogens is 442 g/mol. The van der Waals surface area contributed by atoms with Crippen LogP contribution < -0.4 is 5.32 Å². The van der Waals surface area contributed by atoms with Gasteiger partial charge >= 0.3 is 6.03 Å². The van der Waals surface area contributed by atoms with Crippen molar-refractivity contribution in [3.63, 3.8) is 0 Å². The van der Waals surface area contributed by atoms with Crippen LogP contribution in [0.1, 0.15) is 36.9 Å². The van der Waals surface area contributed by atoms with Crippen LogP contribution in [-0.2, 0) is 21.6 Å². The van der Waals surface area contributed by atoms with E-state index in [2.05, 4.69) is 15.2 Å². The molecule has 0 spiro atoms. The molecular formula is C25H28F2N4O3. The molecule has 7 nitrogen and oxygen atoms in total. The van der Waals surface area contributed by atoms with Crippen LogP contribution >= 0.6 is 0 Å². The second kappa shape index (κ2) is 9.38. The number of halogens is 2. The van der Waals surface area contributed by atoms with E-state index in [9.17, 15) is 18.4 Å². The first-order chi connectivity index (χ1) is 16.5. The van der Waals surface area contributed by atoms with Crippen LogP contribution in [-0.4, -0.2) is 59.1 Å². The fraction of sp³-hybridized carbons (Fsp3) is 0.480. The van der Waals surface area contributed by atoms with Crippen molar-refractivity contribution < 1.29 is 23.1 Å². The lowest BCUT2D eigenvalue weighted by atomic mass is 9.75. The smallest absolute Gasteiger partial charge is 0.325 e. The molecule has 34 heavy (non-hydrogen) atoms. The van der Waals surface area contributed by atoms with E-state index in [1.807, 2.05) is 6.07 Å². The van der Waals surface area contributed by atoms with Crippen LogP contribution in [0.5, 0.6) is 0 Å². The first-order valence-electron chi connectivity index (χ1n) is 11.8. The molecule has 0 aliphatic carbocycles. The number of imide groups is 1. The number of benzene rings is 1. The van der Waals surface area contributed by atoms with E-state index in [1.54, 1.807) is 24.4 Å². The molecule has 180 valence electrons. The van der Waals surface area contributed by atoms with Crippen molar-refractivity contribution in [2.75, 3.05) is 26.2 Å². The van der Waals surface area contributed by atoms with E-state index in [0.29, 0.717) is 50.3 Å². The molecule has 3 fully saturated rings. The molecule has 3 aliphatic rings. The van der Waals surface area contributed by atoms with Crippen LogP contribution in [0.25, 0.3) is 0 Å². The molecule has 2 atom stereocenters. The van der Waals surface area contributed by atoms with Crippen molar-refractivity contribution in [1.29, 1.82) is 0 Å². The summed E-state index contributed by atoms with van der Waals surface area (Å²) in [7, 11) is 0. The fourth-order valence-electron chi connectivity index (χ4n) is 5.43. The third-order valence-electron chi connectivity index (χ3n) is 7.20. The predicted octanol–water partition coefficient (Wildman–Crippen LogP) is 3.20. The van der Waals surface area contributed by atoms with Gasteiger partial charge in [-0.15, -0.1) is 0 Å². The number of rotatable bonds is 6. The number of likely N-dealkylation sites (tertiary alicyclic amines) is 1. The standard InChI is InChI=1S/C25H28F2N4O3/c26-20-7-6-17(14-21(20)27)15-30-11-8-18(9-12-30)25(22-5-1-2-10-28-22)23(32)31(24(33)29-25)16-19-4-3-13-34-19/h1-2,5-7,10,14,18-19H,3-4,8-9,11-13,15-16H2,(H,29,33)/t19-,25+/m0/s1. The summed E-state index contributed by atoms with van der Waals surface area (Å²) < 4.78 is 32.5. The molecule has 2 aromatic rings. The van der Waals surface area contributed by atoms with E-state index in [0.717, 1.165) is 18.9 Å². The number of nitrogens with zero attached hydrogens (tertiary/aromatic N) is 3. The van der Waals surface area contributed by atoms with E-state index in [1.165, 1.54) is 11.0 Å². The minimum absolute atomic E-state index is 0.132. The molecule has 9 heteroatoms. The largest absolute Gasteiger partial charge is 0.376 e. The number of hydrogen-bond donors (Lipinski definition) is 1. The first-order valence-corrected chi connectivity index (χ1v) is 11.8. The van der Waals surface area contributed by atoms with Gasteiger partial charge in [-0.3, -0.25) is 19.6 Å². The first kappa shape index (κ1) is 22.9. The fourth-order valence-corrected chi connectivity index (χ4v) is 5.43. The Morgan fingerprint density at radius 2 is 1.91 bits per heavy atom. The molecule has 4 heterocycles. The lowest BCUT2D eigenvalue weighted by molar-refractivity contribution is -0.135. The molecule has 3 aliphatic heterocycles. The molecule has 1 aromatic heterocycles. The van der Waals surface area contributed by atoms with Gasteiger partial charge < -0.3 is 10.1 Å². The third kappa shape index (κ3) is 4.18. The van der Waals surface area contributed by atoms with Gasteiger partial charge in [-0.2, -0.15) is 0 Å². The summed E-state index contributed by atoms with van der Waals surface area (Å²) in [5.74, 6) is -2.13. The molecule has 5 rings (SSSR count). The molecule has 3 saturated heterocycles. The Balaban J connectivity index is 1.35. The van der Waals surface area contributed by atoms with Crippen LogP contribution in [0.3, 0.4) is 0 Å². The summed E-state index contributed by atoms with van der Waals surface area (Å²) in [6, 6.07) is 8.95. The summed E-state index contributed by atoms with van der Waals surface area (Å²) in [5, 5.41) is 3.02. The minimum atomic E-state index is -1.22. The number of carbonyl (C=O) groups excluding carboxylic acids is 2. The van der Waals surface area contributed by atoms with Crippen molar-refractivity contribution >= 4 is 11.9 Å². The second-order valence-electron chi connectivity index (χ2n) is 9.30. The Labute approximate surface area is 197 Å². The molecule has 3 amide bonds. The number of carbonyl (C=O) groups is 2. The Hall–Kier alpha value is -2.91. The Morgan fingerprint density at radius 3 is 2.59 bits per heavy atom. The van der Waals surface area contributed by atoms with E-state index in [-0.39, 0.29) is 24.5 Å². The zero-order valence-electron chi connectivity index (χ0n) is 18.9. The number of ether oxygens (including phenoxy) is 1. The Kier molecular flexibility index (Phi) is 6.31. The maximum absolute atomic E-state index is 13.8. The summed E-state index contributed by atoms with van der Waals surface area (Å²) in [4.78, 5) is 34.7. The van der Waals surface area contributed by atoms with Gasteiger partial charge in [0.2, 0.25) is 0 Å². The number of amides is 3. The summed E-state index contributed by atoms with van der Waals surface area (Å²) in [5.41, 5.74) is 0.0254. The number of piperidine rings is 1. The number of urea groups is 1. The summed E-state index contributed by atoms with van der Waals surface area (Å²) in [6.45, 7) is 2.70. The van der Waals surface area contributed by atoms with Crippen molar-refractivity contribution in [2.45, 2.75) is 43.9 Å². The summed E-state index contributed by atoms with van der Waals surface area (Å²) >= 11 is 0.